The molecule has 0 saturated carbocycles. The van der Waals surface area contributed by atoms with E-state index in [0.29, 0.717) is 18.1 Å². The summed E-state index contributed by atoms with van der Waals surface area (Å²) in [5.74, 6) is 0. The van der Waals surface area contributed by atoms with E-state index in [2.05, 4.69) is 16.2 Å². The largest absolute Gasteiger partial charge is 0.443 e. The van der Waals surface area contributed by atoms with E-state index in [9.17, 15) is 4.79 Å². The van der Waals surface area contributed by atoms with Gasteiger partial charge in [0.05, 0.1) is 0 Å². The van der Waals surface area contributed by atoms with Crippen LogP contribution in [0.3, 0.4) is 0 Å². The van der Waals surface area contributed by atoms with Gasteiger partial charge in [-0.15, -0.1) is 0 Å². The fourth-order valence-electron chi connectivity index (χ4n) is 2.64. The molecule has 5 nitrogen and oxygen atoms in total. The minimum atomic E-state index is -0.446. The monoisotopic (exact) mass is 241 g/mol. The van der Waals surface area contributed by atoms with Crippen LogP contribution in [-0.4, -0.2) is 29.8 Å². The van der Waals surface area contributed by atoms with Crippen molar-refractivity contribution < 1.29 is 9.53 Å². The van der Waals surface area contributed by atoms with Crippen molar-refractivity contribution in [1.29, 1.82) is 0 Å². The minimum absolute atomic E-state index is 0.362. The molecule has 0 aromatic rings. The highest BCUT2D eigenvalue weighted by atomic mass is 16.6. The summed E-state index contributed by atoms with van der Waals surface area (Å²) < 4.78 is 5.17. The Morgan fingerprint density at radius 1 is 1.24 bits per heavy atom. The Morgan fingerprint density at radius 2 is 1.82 bits per heavy atom. The van der Waals surface area contributed by atoms with Crippen LogP contribution in [0, 0.1) is 0 Å². The average Bonchev–Trinajstić information content (AvgIpc) is 2.53. The Bertz CT molecular complexity index is 276. The van der Waals surface area contributed by atoms with E-state index in [4.69, 9.17) is 4.74 Å². The first-order chi connectivity index (χ1) is 7.92. The lowest BCUT2D eigenvalue weighted by Crippen LogP contribution is -2.52. The molecule has 0 aromatic heterocycles. The molecule has 0 unspecified atom stereocenters. The minimum Gasteiger partial charge on any atom is -0.443 e. The van der Waals surface area contributed by atoms with Gasteiger partial charge in [0.1, 0.15) is 5.60 Å². The van der Waals surface area contributed by atoms with Crippen molar-refractivity contribution in [1.82, 2.24) is 16.2 Å². The van der Waals surface area contributed by atoms with E-state index in [1.165, 1.54) is 12.8 Å². The highest BCUT2D eigenvalue weighted by Crippen LogP contribution is 2.26. The summed E-state index contributed by atoms with van der Waals surface area (Å²) in [6, 6.07) is 1.60. The van der Waals surface area contributed by atoms with Crippen molar-refractivity contribution in [2.24, 2.45) is 0 Å². The summed E-state index contributed by atoms with van der Waals surface area (Å²) in [6.07, 6.45) is 4.27. The molecule has 3 N–H and O–H groups in total. The van der Waals surface area contributed by atoms with Gasteiger partial charge in [0.2, 0.25) is 0 Å². The Labute approximate surface area is 103 Å². The first-order valence-electron chi connectivity index (χ1n) is 6.43. The summed E-state index contributed by atoms with van der Waals surface area (Å²) >= 11 is 0. The maximum atomic E-state index is 11.5. The van der Waals surface area contributed by atoms with Crippen LogP contribution in [0.5, 0.6) is 0 Å². The van der Waals surface area contributed by atoms with Crippen molar-refractivity contribution in [3.05, 3.63) is 0 Å². The molecule has 0 spiro atoms. The smallest absolute Gasteiger partial charge is 0.422 e. The molecule has 98 valence electrons. The van der Waals surface area contributed by atoms with Gasteiger partial charge in [-0.05, 0) is 46.5 Å². The van der Waals surface area contributed by atoms with E-state index in [0.717, 1.165) is 12.8 Å². The summed E-state index contributed by atoms with van der Waals surface area (Å²) in [7, 11) is 0. The van der Waals surface area contributed by atoms with Crippen molar-refractivity contribution in [2.75, 3.05) is 0 Å². The molecular formula is C12H23N3O2. The first-order valence-corrected chi connectivity index (χ1v) is 6.43. The van der Waals surface area contributed by atoms with Crippen molar-refractivity contribution in [2.45, 2.75) is 70.2 Å². The van der Waals surface area contributed by atoms with Crippen LogP contribution in [0.15, 0.2) is 0 Å². The zero-order valence-corrected chi connectivity index (χ0v) is 10.9. The van der Waals surface area contributed by atoms with Gasteiger partial charge < -0.3 is 10.1 Å². The fraction of sp³-hybridized carbons (Fsp3) is 0.917. The lowest BCUT2D eigenvalue weighted by atomic mass is 10.0. The SMILES string of the molecule is CC(C)(C)OC(=O)NNC1C[C@H]2CC[C@H](C1)N2. The van der Waals surface area contributed by atoms with Crippen LogP contribution >= 0.6 is 0 Å². The number of nitrogens with one attached hydrogen (secondary N) is 3. The molecule has 2 rings (SSSR count). The van der Waals surface area contributed by atoms with Crippen molar-refractivity contribution >= 4 is 6.09 Å². The molecule has 2 bridgehead atoms. The van der Waals surface area contributed by atoms with Crippen molar-refractivity contribution in [3.63, 3.8) is 0 Å². The summed E-state index contributed by atoms with van der Waals surface area (Å²) in [4.78, 5) is 11.5. The van der Waals surface area contributed by atoms with Crippen LogP contribution in [0.25, 0.3) is 0 Å². The second-order valence-electron chi connectivity index (χ2n) is 6.08. The fourth-order valence-corrected chi connectivity index (χ4v) is 2.64. The first kappa shape index (κ1) is 12.6. The van der Waals surface area contributed by atoms with Crippen LogP contribution in [0.2, 0.25) is 0 Å². The zero-order valence-electron chi connectivity index (χ0n) is 10.9. The summed E-state index contributed by atoms with van der Waals surface area (Å²) in [5.41, 5.74) is 5.27. The van der Waals surface area contributed by atoms with E-state index < -0.39 is 11.7 Å². The average molecular weight is 241 g/mol. The second-order valence-corrected chi connectivity index (χ2v) is 6.08. The van der Waals surface area contributed by atoms with Gasteiger partial charge in [-0.25, -0.2) is 10.2 Å². The molecule has 0 radical (unpaired) electrons. The quantitative estimate of drug-likeness (QED) is 0.638. The number of piperidine rings is 1. The van der Waals surface area contributed by atoms with E-state index in [-0.39, 0.29) is 0 Å². The van der Waals surface area contributed by atoms with Crippen LogP contribution in [0.4, 0.5) is 4.79 Å². The van der Waals surface area contributed by atoms with Gasteiger partial charge in [0, 0.05) is 18.1 Å². The van der Waals surface area contributed by atoms with Gasteiger partial charge >= 0.3 is 6.09 Å². The zero-order chi connectivity index (χ0) is 12.5. The maximum Gasteiger partial charge on any atom is 0.422 e. The molecule has 2 heterocycles. The van der Waals surface area contributed by atoms with E-state index >= 15 is 0 Å². The number of carbonyl (C=O) groups excluding carboxylic acids is 1. The third kappa shape index (κ3) is 3.85. The number of hydrazine groups is 1. The van der Waals surface area contributed by atoms with Crippen molar-refractivity contribution in [3.8, 4) is 0 Å². The van der Waals surface area contributed by atoms with Gasteiger partial charge in [0.25, 0.3) is 0 Å². The molecule has 2 atom stereocenters. The predicted molar refractivity (Wildman–Crippen MR) is 65.5 cm³/mol. The molecule has 17 heavy (non-hydrogen) atoms. The topological polar surface area (TPSA) is 62.4 Å². The van der Waals surface area contributed by atoms with E-state index in [1.54, 1.807) is 0 Å². The molecular weight excluding hydrogens is 218 g/mol. The van der Waals surface area contributed by atoms with Gasteiger partial charge in [-0.2, -0.15) is 0 Å². The lowest BCUT2D eigenvalue weighted by molar-refractivity contribution is 0.0480. The number of ether oxygens (including phenoxy) is 1. The third-order valence-corrected chi connectivity index (χ3v) is 3.25. The van der Waals surface area contributed by atoms with Crippen LogP contribution in [0.1, 0.15) is 46.5 Å². The molecule has 5 heteroatoms. The Hall–Kier alpha value is -0.810. The number of carbonyl (C=O) groups is 1. The van der Waals surface area contributed by atoms with E-state index in [1.807, 2.05) is 20.8 Å². The number of amides is 1. The van der Waals surface area contributed by atoms with Crippen LogP contribution < -0.4 is 16.2 Å². The molecule has 1 amide bonds. The molecule has 2 aliphatic heterocycles. The predicted octanol–water partition coefficient (Wildman–Crippen LogP) is 1.30. The molecule has 2 fully saturated rings. The normalized spacial score (nSPS) is 32.3. The molecule has 0 aliphatic carbocycles. The Balaban J connectivity index is 1.70. The molecule has 2 saturated heterocycles. The van der Waals surface area contributed by atoms with Gasteiger partial charge in [-0.3, -0.25) is 5.43 Å². The van der Waals surface area contributed by atoms with Crippen LogP contribution in [-0.2, 0) is 4.74 Å². The number of hydrogen-bond acceptors (Lipinski definition) is 4. The third-order valence-electron chi connectivity index (χ3n) is 3.25. The summed E-state index contributed by atoms with van der Waals surface area (Å²) in [5, 5.41) is 3.56. The Morgan fingerprint density at radius 3 is 2.35 bits per heavy atom. The number of hydrogen-bond donors (Lipinski definition) is 3. The molecule has 2 aliphatic rings. The van der Waals surface area contributed by atoms with Gasteiger partial charge in [0.15, 0.2) is 0 Å². The number of rotatable bonds is 2. The molecule has 0 aromatic carbocycles. The summed E-state index contributed by atoms with van der Waals surface area (Å²) in [6.45, 7) is 5.58. The van der Waals surface area contributed by atoms with Gasteiger partial charge in [-0.1, -0.05) is 0 Å². The maximum absolute atomic E-state index is 11.5. The highest BCUT2D eigenvalue weighted by Gasteiger charge is 2.33. The standard InChI is InChI=1S/C12H23N3O2/c1-12(2,3)17-11(16)15-14-10-6-8-4-5-9(7-10)13-8/h8-10,13-14H,4-7H2,1-3H3,(H,15,16)/t8-,9-/m1/s1. The highest BCUT2D eigenvalue weighted by molar-refractivity contribution is 5.67. The second kappa shape index (κ2) is 4.82. The Kier molecular flexibility index (Phi) is 3.58. The number of fused-ring (bicyclic) bond motifs is 2. The lowest BCUT2D eigenvalue weighted by Gasteiger charge is -2.30.